The lowest BCUT2D eigenvalue weighted by Crippen LogP contribution is -2.23. The molecule has 6 rings (SSSR count). The Morgan fingerprint density at radius 3 is 2.81 bits per heavy atom. The molecule has 0 amide bonds. The summed E-state index contributed by atoms with van der Waals surface area (Å²) in [6.45, 7) is 1.56. The average molecular weight is 387 g/mol. The number of hydrogen-bond acceptors (Lipinski definition) is 7. The van der Waals surface area contributed by atoms with Crippen LogP contribution in [0.3, 0.4) is 0 Å². The Bertz CT molecular complexity index is 1220. The van der Waals surface area contributed by atoms with Gasteiger partial charge in [-0.1, -0.05) is 41.6 Å². The summed E-state index contributed by atoms with van der Waals surface area (Å²) in [5.41, 5.74) is 4.20. The number of aliphatic imine (C=N–C) groups is 1. The van der Waals surface area contributed by atoms with E-state index in [4.69, 9.17) is 4.98 Å². The van der Waals surface area contributed by atoms with Gasteiger partial charge in [-0.2, -0.15) is 0 Å². The van der Waals surface area contributed by atoms with Gasteiger partial charge in [-0.05, 0) is 28.6 Å². The molecule has 0 bridgehead atoms. The van der Waals surface area contributed by atoms with E-state index in [0.717, 1.165) is 56.5 Å². The van der Waals surface area contributed by atoms with Gasteiger partial charge < -0.3 is 0 Å². The summed E-state index contributed by atoms with van der Waals surface area (Å²) in [5, 5.41) is 14.0. The lowest BCUT2D eigenvalue weighted by Gasteiger charge is -2.16. The van der Waals surface area contributed by atoms with Crippen molar-refractivity contribution in [3.05, 3.63) is 58.8 Å². The maximum absolute atomic E-state index is 4.98. The van der Waals surface area contributed by atoms with Crippen molar-refractivity contribution in [3.8, 4) is 21.7 Å². The number of fused-ring (bicyclic) bond motifs is 5. The van der Waals surface area contributed by atoms with Crippen molar-refractivity contribution >= 4 is 44.4 Å². The molecule has 0 unspecified atom stereocenters. The third kappa shape index (κ3) is 2.28. The molecular weight excluding hydrogens is 374 g/mol. The Hall–Kier alpha value is -2.90. The molecule has 2 aliphatic heterocycles. The molecule has 0 N–H and O–H groups in total. The summed E-state index contributed by atoms with van der Waals surface area (Å²) >= 11 is 3.37. The molecule has 0 saturated heterocycles. The highest BCUT2D eigenvalue weighted by molar-refractivity contribution is 7.21. The monoisotopic (exact) mass is 387 g/mol. The predicted molar refractivity (Wildman–Crippen MR) is 111 cm³/mol. The third-order valence-corrected chi connectivity index (χ3v) is 6.73. The van der Waals surface area contributed by atoms with Crippen LogP contribution in [0.1, 0.15) is 4.88 Å². The number of pyridine rings is 1. The second kappa shape index (κ2) is 5.80. The lowest BCUT2D eigenvalue weighted by atomic mass is 10.0. The van der Waals surface area contributed by atoms with E-state index in [2.05, 4.69) is 63.2 Å². The van der Waals surface area contributed by atoms with Gasteiger partial charge in [0, 0.05) is 5.39 Å². The Balaban J connectivity index is 1.69. The molecule has 3 aromatic heterocycles. The summed E-state index contributed by atoms with van der Waals surface area (Å²) in [6, 6.07) is 16.8. The van der Waals surface area contributed by atoms with Crippen LogP contribution in [0.25, 0.3) is 31.9 Å². The molecule has 7 heteroatoms. The first-order valence-corrected chi connectivity index (χ1v) is 10.4. The van der Waals surface area contributed by atoms with Gasteiger partial charge in [0.05, 0.1) is 23.7 Å². The van der Waals surface area contributed by atoms with Crippen LogP contribution in [0.2, 0.25) is 0 Å². The molecule has 0 fully saturated rings. The Morgan fingerprint density at radius 2 is 1.96 bits per heavy atom. The zero-order valence-corrected chi connectivity index (χ0v) is 15.8. The van der Waals surface area contributed by atoms with Crippen molar-refractivity contribution in [2.45, 2.75) is 0 Å². The molecular formula is C20H13N5S2. The molecule has 5 heterocycles. The zero-order chi connectivity index (χ0) is 17.8. The van der Waals surface area contributed by atoms with Gasteiger partial charge >= 0.3 is 0 Å². The number of hydrogen-bond donors (Lipinski definition) is 0. The maximum Gasteiger partial charge on any atom is 0.165 e. The number of rotatable bonds is 2. The highest BCUT2D eigenvalue weighted by Crippen LogP contribution is 2.46. The van der Waals surface area contributed by atoms with E-state index in [-0.39, 0.29) is 0 Å². The summed E-state index contributed by atoms with van der Waals surface area (Å²) in [6.07, 6.45) is 0. The van der Waals surface area contributed by atoms with E-state index < -0.39 is 0 Å². The van der Waals surface area contributed by atoms with Crippen LogP contribution in [0.15, 0.2) is 69.2 Å². The van der Waals surface area contributed by atoms with Crippen molar-refractivity contribution < 1.29 is 0 Å². The fraction of sp³-hybridized carbons (Fsp3) is 0.100. The number of aromatic nitrogens is 1. The van der Waals surface area contributed by atoms with Crippen LogP contribution in [0.5, 0.6) is 0 Å². The van der Waals surface area contributed by atoms with Gasteiger partial charge in [0.2, 0.25) is 0 Å². The zero-order valence-electron chi connectivity index (χ0n) is 14.2. The number of amidine groups is 1. The molecule has 0 atom stereocenters. The number of thiophene rings is 2. The van der Waals surface area contributed by atoms with Gasteiger partial charge in [-0.25, -0.2) is 9.99 Å². The van der Waals surface area contributed by atoms with Crippen LogP contribution >= 0.6 is 22.7 Å². The smallest absolute Gasteiger partial charge is 0.165 e. The SMILES string of the molecule is c1ccc(-c2cc(-c3cccs3)nc3sc4c(c23)N=NN2CCN=C42)cc1. The molecule has 1 aromatic carbocycles. The molecule has 130 valence electrons. The molecule has 0 radical (unpaired) electrons. The minimum atomic E-state index is 0.765. The van der Waals surface area contributed by atoms with E-state index >= 15 is 0 Å². The normalized spacial score (nSPS) is 15.1. The largest absolute Gasteiger partial charge is 0.264 e. The first-order valence-electron chi connectivity index (χ1n) is 8.69. The van der Waals surface area contributed by atoms with Crippen molar-refractivity contribution in [2.75, 3.05) is 13.1 Å². The van der Waals surface area contributed by atoms with Gasteiger partial charge in [0.1, 0.15) is 15.4 Å². The second-order valence-corrected chi connectivity index (χ2v) is 8.32. The van der Waals surface area contributed by atoms with E-state index in [1.165, 1.54) is 4.88 Å². The van der Waals surface area contributed by atoms with Crippen LogP contribution in [-0.2, 0) is 0 Å². The van der Waals surface area contributed by atoms with Gasteiger partial charge in [-0.15, -0.1) is 27.8 Å². The summed E-state index contributed by atoms with van der Waals surface area (Å²) in [7, 11) is 0. The second-order valence-electron chi connectivity index (χ2n) is 6.38. The highest BCUT2D eigenvalue weighted by Gasteiger charge is 2.30. The van der Waals surface area contributed by atoms with Crippen LogP contribution in [-0.4, -0.2) is 28.9 Å². The standard InChI is InChI=1S/C20H13N5S2/c1-2-5-12(6-3-1)13-11-14(15-7-4-10-26-15)22-20-16(13)17-18(27-20)19-21-8-9-25(19)24-23-17/h1-7,10-11H,8-9H2. The molecule has 0 spiro atoms. The van der Waals surface area contributed by atoms with Gasteiger partial charge in [0.25, 0.3) is 0 Å². The Morgan fingerprint density at radius 1 is 1.04 bits per heavy atom. The van der Waals surface area contributed by atoms with E-state index in [0.29, 0.717) is 0 Å². The Labute approximate surface area is 163 Å². The molecule has 4 aromatic rings. The van der Waals surface area contributed by atoms with E-state index in [9.17, 15) is 0 Å². The summed E-state index contributed by atoms with van der Waals surface area (Å²) in [4.78, 5) is 12.8. The van der Waals surface area contributed by atoms with Crippen molar-refractivity contribution in [1.29, 1.82) is 0 Å². The maximum atomic E-state index is 4.98. The van der Waals surface area contributed by atoms with Crippen molar-refractivity contribution in [2.24, 2.45) is 15.3 Å². The number of nitrogens with zero attached hydrogens (tertiary/aromatic N) is 5. The quantitative estimate of drug-likeness (QED) is 0.439. The minimum absolute atomic E-state index is 0.765. The first kappa shape index (κ1) is 15.2. The molecule has 5 nitrogen and oxygen atoms in total. The predicted octanol–water partition coefficient (Wildman–Crippen LogP) is 5.77. The number of benzene rings is 1. The van der Waals surface area contributed by atoms with Crippen molar-refractivity contribution in [3.63, 3.8) is 0 Å². The highest BCUT2D eigenvalue weighted by atomic mass is 32.1. The fourth-order valence-corrected chi connectivity index (χ4v) is 5.37. The fourth-order valence-electron chi connectivity index (χ4n) is 3.54. The van der Waals surface area contributed by atoms with Crippen LogP contribution in [0.4, 0.5) is 5.69 Å². The molecule has 2 aliphatic rings. The molecule has 0 aliphatic carbocycles. The summed E-state index contributed by atoms with van der Waals surface area (Å²) < 4.78 is 0. The van der Waals surface area contributed by atoms with Crippen molar-refractivity contribution in [1.82, 2.24) is 9.99 Å². The average Bonchev–Trinajstić information content (AvgIpc) is 3.45. The third-order valence-electron chi connectivity index (χ3n) is 4.77. The molecule has 0 saturated carbocycles. The van der Waals surface area contributed by atoms with Crippen LogP contribution < -0.4 is 0 Å². The molecule has 27 heavy (non-hydrogen) atoms. The minimum Gasteiger partial charge on any atom is -0.264 e. The Kier molecular flexibility index (Phi) is 3.26. The van der Waals surface area contributed by atoms with E-state index in [1.54, 1.807) is 22.7 Å². The van der Waals surface area contributed by atoms with Gasteiger partial charge in [-0.3, -0.25) is 4.99 Å². The lowest BCUT2D eigenvalue weighted by molar-refractivity contribution is 0.454. The van der Waals surface area contributed by atoms with Crippen LogP contribution in [0, 0.1) is 0 Å². The first-order chi connectivity index (χ1) is 13.4. The topological polar surface area (TPSA) is 53.2 Å². The van der Waals surface area contributed by atoms with Gasteiger partial charge in [0.15, 0.2) is 5.84 Å². The van der Waals surface area contributed by atoms with E-state index in [1.807, 2.05) is 11.1 Å². The summed E-state index contributed by atoms with van der Waals surface area (Å²) in [5.74, 6) is 0.930.